The van der Waals surface area contributed by atoms with Gasteiger partial charge < -0.3 is 29.5 Å². The number of carbonyl (C=O) groups is 4. The van der Waals surface area contributed by atoms with E-state index in [1.54, 1.807) is 14.1 Å². The van der Waals surface area contributed by atoms with Crippen molar-refractivity contribution in [2.75, 3.05) is 59.4 Å². The molecule has 2 aromatic carbocycles. The Morgan fingerprint density at radius 3 is 2.09 bits per heavy atom. The number of esters is 2. The van der Waals surface area contributed by atoms with Crippen molar-refractivity contribution in [3.05, 3.63) is 75.7 Å². The molecule has 3 saturated heterocycles. The van der Waals surface area contributed by atoms with Gasteiger partial charge in [-0.3, -0.25) is 28.6 Å². The zero-order valence-corrected chi connectivity index (χ0v) is 39.3. The lowest BCUT2D eigenvalue weighted by Gasteiger charge is -2.43. The molecule has 0 radical (unpaired) electrons. The fraction of sp³-hybridized carbons (Fsp3) is 0.600. The quantitative estimate of drug-likeness (QED) is 0.237. The minimum Gasteiger partial charge on any atom is -0.443 e. The summed E-state index contributed by atoms with van der Waals surface area (Å²) in [6.45, 7) is 14.9. The van der Waals surface area contributed by atoms with E-state index < -0.39 is 22.8 Å². The van der Waals surface area contributed by atoms with Crippen LogP contribution in [-0.2, 0) is 43.7 Å². The zero-order valence-electron chi connectivity index (χ0n) is 39.3. The lowest BCUT2D eigenvalue weighted by atomic mass is 9.83. The molecule has 5 aliphatic heterocycles. The van der Waals surface area contributed by atoms with Crippen LogP contribution in [0, 0.1) is 17.8 Å². The summed E-state index contributed by atoms with van der Waals surface area (Å²) in [6, 6.07) is 13.0. The molecule has 350 valence electrons. The van der Waals surface area contributed by atoms with Crippen molar-refractivity contribution in [2.45, 2.75) is 124 Å². The number of likely N-dealkylation sites (tertiary alicyclic amines) is 1. The van der Waals surface area contributed by atoms with Crippen molar-refractivity contribution < 1.29 is 28.7 Å². The highest BCUT2D eigenvalue weighted by Crippen LogP contribution is 2.32. The van der Waals surface area contributed by atoms with Crippen LogP contribution in [-0.4, -0.2) is 129 Å². The topological polar surface area (TPSA) is 152 Å². The van der Waals surface area contributed by atoms with Crippen molar-refractivity contribution in [3.63, 3.8) is 0 Å². The standard InChI is InChI=1S/C50H68N8O7/c1-34-27-35-28-38-31-57(52-43(34)38)32-64-46(61)49(2,3)17-9-10-18-50(4,5)47(62)65-33-58-42-12-8-7-11-37(42)30-40(44(58)59)36-13-21-56(22-14-36)48(63)51-41(29-35)45(60)55-25-23-54(24-26-55)39-15-19-53(6)20-16-39/h7-8,11-12,27-28,30-31,36,39,41H,9-10,13-26,29,32-33H2,1-6H3,(H,51,63)/t41-/m1/s1. The predicted molar refractivity (Wildman–Crippen MR) is 249 cm³/mol. The van der Waals surface area contributed by atoms with Gasteiger partial charge in [0.1, 0.15) is 6.04 Å². The molecule has 7 heterocycles. The second-order valence-electron chi connectivity index (χ2n) is 20.4. The number of pyridine rings is 1. The average molecular weight is 893 g/mol. The molecule has 5 aliphatic rings. The number of hydrogen-bond donors (Lipinski definition) is 1. The number of piperazine rings is 1. The van der Waals surface area contributed by atoms with Crippen molar-refractivity contribution in [1.82, 2.24) is 39.3 Å². The number of fused-ring (bicyclic) bond motifs is 17. The number of rotatable bonds is 2. The van der Waals surface area contributed by atoms with E-state index in [1.165, 1.54) is 0 Å². The van der Waals surface area contributed by atoms with E-state index in [9.17, 15) is 24.0 Å². The van der Waals surface area contributed by atoms with E-state index in [1.807, 2.05) is 88.2 Å². The fourth-order valence-electron chi connectivity index (χ4n) is 10.3. The first kappa shape index (κ1) is 46.3. The molecule has 15 heteroatoms. The molecule has 9 rings (SSSR count). The van der Waals surface area contributed by atoms with E-state index in [0.717, 1.165) is 66.4 Å². The number of carbonyl (C=O) groups excluding carboxylic acids is 4. The monoisotopic (exact) mass is 893 g/mol. The van der Waals surface area contributed by atoms with E-state index in [4.69, 9.17) is 14.6 Å². The van der Waals surface area contributed by atoms with Crippen LogP contribution in [0.3, 0.4) is 0 Å². The molecule has 2 aromatic heterocycles. The number of amides is 3. The molecule has 7 bridgehead atoms. The van der Waals surface area contributed by atoms with Gasteiger partial charge in [0, 0.05) is 68.9 Å². The number of para-hydroxylation sites is 1. The first-order chi connectivity index (χ1) is 31.1. The summed E-state index contributed by atoms with van der Waals surface area (Å²) in [6.07, 6.45) is 8.05. The van der Waals surface area contributed by atoms with Crippen molar-refractivity contribution >= 4 is 45.7 Å². The largest absolute Gasteiger partial charge is 0.443 e. The molecule has 1 N–H and O–H groups in total. The highest BCUT2D eigenvalue weighted by Gasteiger charge is 2.36. The third kappa shape index (κ3) is 10.4. The summed E-state index contributed by atoms with van der Waals surface area (Å²) in [5.74, 6) is -0.947. The van der Waals surface area contributed by atoms with E-state index in [0.29, 0.717) is 88.2 Å². The molecule has 0 spiro atoms. The highest BCUT2D eigenvalue weighted by molar-refractivity contribution is 5.88. The smallest absolute Gasteiger partial charge is 0.318 e. The first-order valence-electron chi connectivity index (χ1n) is 23.8. The predicted octanol–water partition coefficient (Wildman–Crippen LogP) is 6.03. The van der Waals surface area contributed by atoms with Gasteiger partial charge in [-0.25, -0.2) is 9.48 Å². The maximum absolute atomic E-state index is 14.6. The Hall–Kier alpha value is -5.28. The number of hydrogen-bond acceptors (Lipinski definition) is 10. The van der Waals surface area contributed by atoms with Crippen LogP contribution >= 0.6 is 0 Å². The summed E-state index contributed by atoms with van der Waals surface area (Å²) < 4.78 is 14.9. The van der Waals surface area contributed by atoms with Gasteiger partial charge in [0.15, 0.2) is 13.5 Å². The first-order valence-corrected chi connectivity index (χ1v) is 23.8. The van der Waals surface area contributed by atoms with Gasteiger partial charge >= 0.3 is 18.0 Å². The third-order valence-corrected chi connectivity index (χ3v) is 14.6. The summed E-state index contributed by atoms with van der Waals surface area (Å²) in [4.78, 5) is 78.7. The Labute approximate surface area is 382 Å². The van der Waals surface area contributed by atoms with Crippen molar-refractivity contribution in [2.24, 2.45) is 10.8 Å². The van der Waals surface area contributed by atoms with Gasteiger partial charge in [-0.15, -0.1) is 0 Å². The molecule has 15 nitrogen and oxygen atoms in total. The zero-order chi connectivity index (χ0) is 46.0. The number of nitrogens with one attached hydrogen (secondary N) is 1. The molecule has 3 fully saturated rings. The average Bonchev–Trinajstić information content (AvgIpc) is 3.72. The van der Waals surface area contributed by atoms with Gasteiger partial charge in [0.2, 0.25) is 5.91 Å². The molecule has 0 saturated carbocycles. The third-order valence-electron chi connectivity index (χ3n) is 14.6. The van der Waals surface area contributed by atoms with E-state index in [2.05, 4.69) is 22.2 Å². The van der Waals surface area contributed by atoms with E-state index >= 15 is 0 Å². The minimum atomic E-state index is -0.817. The second kappa shape index (κ2) is 19.3. The van der Waals surface area contributed by atoms with E-state index in [-0.39, 0.29) is 42.8 Å². The van der Waals surface area contributed by atoms with Crippen LogP contribution in [0.25, 0.3) is 21.8 Å². The van der Waals surface area contributed by atoms with Crippen LogP contribution in [0.4, 0.5) is 4.79 Å². The second-order valence-corrected chi connectivity index (χ2v) is 20.4. The van der Waals surface area contributed by atoms with Crippen LogP contribution in [0.5, 0.6) is 0 Å². The summed E-state index contributed by atoms with van der Waals surface area (Å²) in [5, 5.41) is 9.64. The van der Waals surface area contributed by atoms with Crippen molar-refractivity contribution in [3.8, 4) is 0 Å². The molecule has 1 atom stereocenters. The van der Waals surface area contributed by atoms with Crippen LogP contribution in [0.15, 0.2) is 53.5 Å². The number of piperidine rings is 2. The minimum absolute atomic E-state index is 0.0523. The lowest BCUT2D eigenvalue weighted by molar-refractivity contribution is -0.160. The number of nitrogens with zero attached hydrogens (tertiary/aromatic N) is 7. The number of aromatic nitrogens is 3. The van der Waals surface area contributed by atoms with Gasteiger partial charge in [0.25, 0.3) is 5.56 Å². The SMILES string of the molecule is Cc1cc2cc3cn(nc13)COC(=O)C(C)(C)CCCCC(C)(C)C(=O)OCn1c(=O)c(cc3ccccc31)C1CCN(CC1)C(=O)N[C@@H](C(=O)N1CCN(C3CCN(C)CC3)CC1)C2. The van der Waals surface area contributed by atoms with Crippen molar-refractivity contribution in [1.29, 1.82) is 0 Å². The number of benzene rings is 2. The Kier molecular flexibility index (Phi) is 13.7. The Morgan fingerprint density at radius 1 is 0.769 bits per heavy atom. The number of ether oxygens (including phenoxy) is 2. The Morgan fingerprint density at radius 2 is 1.42 bits per heavy atom. The van der Waals surface area contributed by atoms with Crippen LogP contribution in [0.2, 0.25) is 0 Å². The maximum atomic E-state index is 14.6. The van der Waals surface area contributed by atoms with Crippen LogP contribution in [0.1, 0.15) is 102 Å². The summed E-state index contributed by atoms with van der Waals surface area (Å²) in [7, 11) is 2.17. The fourth-order valence-corrected chi connectivity index (χ4v) is 10.3. The molecule has 0 aliphatic carbocycles. The maximum Gasteiger partial charge on any atom is 0.318 e. The number of aryl methyl sites for hydroxylation is 1. The molecular formula is C50H68N8O7. The van der Waals surface area contributed by atoms with Gasteiger partial charge in [-0.2, -0.15) is 5.10 Å². The van der Waals surface area contributed by atoms with Gasteiger partial charge in [-0.05, 0) is 134 Å². The number of urea groups is 1. The summed E-state index contributed by atoms with van der Waals surface area (Å²) in [5.41, 5.74) is 2.10. The molecular weight excluding hydrogens is 825 g/mol. The lowest BCUT2D eigenvalue weighted by Crippen LogP contribution is -2.59. The molecule has 65 heavy (non-hydrogen) atoms. The molecule has 4 aromatic rings. The van der Waals surface area contributed by atoms with Gasteiger partial charge in [0.05, 0.1) is 21.9 Å². The van der Waals surface area contributed by atoms with Gasteiger partial charge in [-0.1, -0.05) is 37.1 Å². The normalized spacial score (nSPS) is 23.0. The molecule has 3 amide bonds. The Balaban J connectivity index is 1.06. The Bertz CT molecular complexity index is 2450. The summed E-state index contributed by atoms with van der Waals surface area (Å²) >= 11 is 0. The highest BCUT2D eigenvalue weighted by atomic mass is 16.5. The molecule has 0 unspecified atom stereocenters. The van der Waals surface area contributed by atoms with Crippen LogP contribution < -0.4 is 10.9 Å².